The Morgan fingerprint density at radius 2 is 1.45 bits per heavy atom. The zero-order valence-corrected chi connectivity index (χ0v) is 15.5. The SMILES string of the molecule is c1ccc2c(c1)ncn2Cc1ccc2c(c1)c1ccccc1n2-c1ncncn1. The number of hydrogen-bond donors (Lipinski definition) is 0. The maximum Gasteiger partial charge on any atom is 0.237 e. The summed E-state index contributed by atoms with van der Waals surface area (Å²) in [4.78, 5) is 17.2. The van der Waals surface area contributed by atoms with Gasteiger partial charge in [-0.15, -0.1) is 0 Å². The molecule has 3 heterocycles. The van der Waals surface area contributed by atoms with Gasteiger partial charge in [-0.2, -0.15) is 0 Å². The maximum atomic E-state index is 4.51. The molecule has 0 amide bonds. The number of aromatic nitrogens is 6. The molecule has 29 heavy (non-hydrogen) atoms. The molecule has 0 N–H and O–H groups in total. The molecule has 6 nitrogen and oxygen atoms in total. The topological polar surface area (TPSA) is 61.4 Å². The molecular weight excluding hydrogens is 360 g/mol. The van der Waals surface area contributed by atoms with Gasteiger partial charge in [-0.3, -0.25) is 4.57 Å². The Hall–Kier alpha value is -4.06. The van der Waals surface area contributed by atoms with E-state index in [1.807, 2.05) is 30.6 Å². The molecule has 0 unspecified atom stereocenters. The second-order valence-corrected chi connectivity index (χ2v) is 7.00. The number of imidazole rings is 1. The van der Waals surface area contributed by atoms with Crippen LogP contribution in [0, 0.1) is 0 Å². The third kappa shape index (κ3) is 2.50. The molecule has 0 saturated heterocycles. The van der Waals surface area contributed by atoms with Gasteiger partial charge < -0.3 is 4.57 Å². The van der Waals surface area contributed by atoms with Crippen molar-refractivity contribution >= 4 is 32.8 Å². The molecule has 138 valence electrons. The van der Waals surface area contributed by atoms with Gasteiger partial charge in [0.05, 0.1) is 28.4 Å². The van der Waals surface area contributed by atoms with Crippen molar-refractivity contribution in [2.45, 2.75) is 6.54 Å². The van der Waals surface area contributed by atoms with Crippen LogP contribution in [0.25, 0.3) is 38.8 Å². The van der Waals surface area contributed by atoms with Crippen molar-refractivity contribution in [3.05, 3.63) is 91.3 Å². The molecule has 0 bridgehead atoms. The van der Waals surface area contributed by atoms with E-state index in [0.29, 0.717) is 5.95 Å². The largest absolute Gasteiger partial charge is 0.326 e. The molecule has 0 saturated carbocycles. The maximum absolute atomic E-state index is 4.51. The van der Waals surface area contributed by atoms with Gasteiger partial charge in [0.15, 0.2) is 0 Å². The molecule has 3 aromatic heterocycles. The minimum Gasteiger partial charge on any atom is -0.326 e. The monoisotopic (exact) mass is 376 g/mol. The van der Waals surface area contributed by atoms with Crippen LogP contribution in [0.5, 0.6) is 0 Å². The number of nitrogens with zero attached hydrogens (tertiary/aromatic N) is 6. The lowest BCUT2D eigenvalue weighted by Gasteiger charge is -2.07. The van der Waals surface area contributed by atoms with E-state index in [1.54, 1.807) is 0 Å². The summed E-state index contributed by atoms with van der Waals surface area (Å²) in [6.07, 6.45) is 4.96. The van der Waals surface area contributed by atoms with E-state index >= 15 is 0 Å². The number of rotatable bonds is 3. The van der Waals surface area contributed by atoms with Crippen molar-refractivity contribution in [2.24, 2.45) is 0 Å². The van der Waals surface area contributed by atoms with Crippen molar-refractivity contribution in [1.29, 1.82) is 0 Å². The third-order valence-electron chi connectivity index (χ3n) is 5.30. The summed E-state index contributed by atoms with van der Waals surface area (Å²) >= 11 is 0. The lowest BCUT2D eigenvalue weighted by Crippen LogP contribution is -2.01. The highest BCUT2D eigenvalue weighted by Crippen LogP contribution is 2.31. The van der Waals surface area contributed by atoms with E-state index in [9.17, 15) is 0 Å². The summed E-state index contributed by atoms with van der Waals surface area (Å²) in [6.45, 7) is 0.766. The highest BCUT2D eigenvalue weighted by Gasteiger charge is 2.14. The van der Waals surface area contributed by atoms with E-state index in [4.69, 9.17) is 0 Å². The predicted octanol–water partition coefficient (Wildman–Crippen LogP) is 4.37. The quantitative estimate of drug-likeness (QED) is 0.460. The third-order valence-corrected chi connectivity index (χ3v) is 5.30. The minimum atomic E-state index is 0.625. The van der Waals surface area contributed by atoms with E-state index in [1.165, 1.54) is 29.0 Å². The molecule has 0 atom stereocenters. The Morgan fingerprint density at radius 3 is 2.34 bits per heavy atom. The predicted molar refractivity (Wildman–Crippen MR) is 113 cm³/mol. The van der Waals surface area contributed by atoms with Gasteiger partial charge in [-0.1, -0.05) is 36.4 Å². The van der Waals surface area contributed by atoms with Crippen LogP contribution in [-0.4, -0.2) is 29.1 Å². The van der Waals surface area contributed by atoms with Crippen molar-refractivity contribution in [2.75, 3.05) is 0 Å². The average Bonchev–Trinajstić information content (AvgIpc) is 3.33. The van der Waals surface area contributed by atoms with Gasteiger partial charge in [0.25, 0.3) is 0 Å². The van der Waals surface area contributed by atoms with Gasteiger partial charge in [-0.05, 0) is 35.9 Å². The van der Waals surface area contributed by atoms with Crippen LogP contribution >= 0.6 is 0 Å². The minimum absolute atomic E-state index is 0.625. The average molecular weight is 376 g/mol. The van der Waals surface area contributed by atoms with Crippen LogP contribution in [0.1, 0.15) is 5.56 Å². The highest BCUT2D eigenvalue weighted by molar-refractivity contribution is 6.09. The van der Waals surface area contributed by atoms with Crippen LogP contribution in [0.15, 0.2) is 85.7 Å². The Bertz CT molecular complexity index is 1480. The first-order valence-corrected chi connectivity index (χ1v) is 9.43. The van der Waals surface area contributed by atoms with E-state index in [2.05, 4.69) is 71.5 Å². The van der Waals surface area contributed by atoms with Gasteiger partial charge in [0, 0.05) is 17.3 Å². The molecular formula is C23H16N6. The number of hydrogen-bond acceptors (Lipinski definition) is 4. The Balaban J connectivity index is 1.54. The van der Waals surface area contributed by atoms with Crippen LogP contribution in [0.3, 0.4) is 0 Å². The lowest BCUT2D eigenvalue weighted by molar-refractivity contribution is 0.825. The highest BCUT2D eigenvalue weighted by atomic mass is 15.2. The van der Waals surface area contributed by atoms with E-state index in [-0.39, 0.29) is 0 Å². The molecule has 0 aliphatic heterocycles. The number of fused-ring (bicyclic) bond motifs is 4. The van der Waals surface area contributed by atoms with E-state index in [0.717, 1.165) is 28.6 Å². The van der Waals surface area contributed by atoms with Gasteiger partial charge in [0.1, 0.15) is 12.7 Å². The standard InChI is InChI=1S/C23H16N6/c1-3-7-20-17(5-1)18-11-16(12-28-15-27-19-6-2-4-8-22(19)28)9-10-21(18)29(20)23-25-13-24-14-26-23/h1-11,13-15H,12H2. The fraction of sp³-hybridized carbons (Fsp3) is 0.0435. The number of para-hydroxylation sites is 3. The summed E-state index contributed by atoms with van der Waals surface area (Å²) in [5.74, 6) is 0.625. The van der Waals surface area contributed by atoms with Crippen molar-refractivity contribution in [3.63, 3.8) is 0 Å². The second-order valence-electron chi connectivity index (χ2n) is 7.00. The summed E-state index contributed by atoms with van der Waals surface area (Å²) < 4.78 is 4.27. The summed E-state index contributed by atoms with van der Waals surface area (Å²) in [5.41, 5.74) is 5.54. The molecule has 3 aromatic carbocycles. The molecule has 0 radical (unpaired) electrons. The summed E-state index contributed by atoms with van der Waals surface area (Å²) in [7, 11) is 0. The number of benzene rings is 3. The Kier molecular flexibility index (Phi) is 3.43. The fourth-order valence-corrected chi connectivity index (χ4v) is 4.02. The van der Waals surface area contributed by atoms with Crippen LogP contribution < -0.4 is 0 Å². The molecule has 0 aliphatic carbocycles. The van der Waals surface area contributed by atoms with Gasteiger partial charge in [-0.25, -0.2) is 19.9 Å². The van der Waals surface area contributed by atoms with Gasteiger partial charge in [0.2, 0.25) is 5.95 Å². The second kappa shape index (κ2) is 6.24. The fourth-order valence-electron chi connectivity index (χ4n) is 4.02. The Morgan fingerprint density at radius 1 is 0.690 bits per heavy atom. The zero-order chi connectivity index (χ0) is 19.2. The normalized spacial score (nSPS) is 11.6. The zero-order valence-electron chi connectivity index (χ0n) is 15.5. The summed E-state index contributed by atoms with van der Waals surface area (Å²) in [6, 6.07) is 23.1. The molecule has 6 heteroatoms. The van der Waals surface area contributed by atoms with Crippen molar-refractivity contribution in [1.82, 2.24) is 29.1 Å². The lowest BCUT2D eigenvalue weighted by atomic mass is 10.1. The van der Waals surface area contributed by atoms with E-state index < -0.39 is 0 Å². The first kappa shape index (κ1) is 15.9. The van der Waals surface area contributed by atoms with Gasteiger partial charge >= 0.3 is 0 Å². The van der Waals surface area contributed by atoms with Crippen LogP contribution in [0.2, 0.25) is 0 Å². The van der Waals surface area contributed by atoms with Crippen molar-refractivity contribution in [3.8, 4) is 5.95 Å². The molecule has 6 aromatic rings. The molecule has 6 rings (SSSR count). The molecule has 0 spiro atoms. The Labute approximate surface area is 166 Å². The van der Waals surface area contributed by atoms with Crippen LogP contribution in [-0.2, 0) is 6.54 Å². The molecule has 0 aliphatic rings. The smallest absolute Gasteiger partial charge is 0.237 e. The first-order valence-electron chi connectivity index (χ1n) is 9.43. The molecule has 0 fully saturated rings. The first-order chi connectivity index (χ1) is 14.4. The van der Waals surface area contributed by atoms with Crippen LogP contribution in [0.4, 0.5) is 0 Å². The summed E-state index contributed by atoms with van der Waals surface area (Å²) in [5, 5.41) is 2.36. The van der Waals surface area contributed by atoms with Crippen molar-refractivity contribution < 1.29 is 0 Å².